The van der Waals surface area contributed by atoms with Gasteiger partial charge in [-0.3, -0.25) is 9.00 Å². The highest BCUT2D eigenvalue weighted by atomic mass is 32.2. The predicted molar refractivity (Wildman–Crippen MR) is 78.5 cm³/mol. The number of carbonyl (C=O) groups is 1. The van der Waals surface area contributed by atoms with Gasteiger partial charge in [-0.1, -0.05) is 12.1 Å². The number of pyridine rings is 1. The Labute approximate surface area is 122 Å². The number of H-pyrrole nitrogens is 1. The molecule has 3 rings (SSSR count). The van der Waals surface area contributed by atoms with Gasteiger partial charge in [-0.2, -0.15) is 0 Å². The van der Waals surface area contributed by atoms with E-state index >= 15 is 0 Å². The highest BCUT2D eigenvalue weighted by molar-refractivity contribution is 7.80. The minimum absolute atomic E-state index is 0.199. The summed E-state index contributed by atoms with van der Waals surface area (Å²) in [5.74, 6) is -0.199. The Morgan fingerprint density at radius 1 is 1.29 bits per heavy atom. The van der Waals surface area contributed by atoms with E-state index in [9.17, 15) is 13.6 Å². The molecule has 1 atom stereocenters. The number of nitrogens with one attached hydrogen (secondary N) is 2. The Kier molecular flexibility index (Phi) is 3.51. The first-order valence-corrected chi connectivity index (χ1v) is 7.15. The minimum Gasteiger partial charge on any atom is -0.755 e. The van der Waals surface area contributed by atoms with Crippen LogP contribution in [-0.2, 0) is 11.3 Å². The second-order valence-corrected chi connectivity index (χ2v) is 5.02. The van der Waals surface area contributed by atoms with Crippen LogP contribution < -0.4 is 4.72 Å². The molecule has 0 aliphatic rings. The number of carbonyl (C=O) groups excluding carboxylic acids is 1. The second kappa shape index (κ2) is 5.47. The molecule has 2 heterocycles. The minimum atomic E-state index is -2.42. The third-order valence-electron chi connectivity index (χ3n) is 3.02. The highest BCUT2D eigenvalue weighted by Gasteiger charge is 2.14. The Hall–Kier alpha value is -2.51. The zero-order valence-corrected chi connectivity index (χ0v) is 11.5. The normalized spacial score (nSPS) is 12.2. The van der Waals surface area contributed by atoms with Gasteiger partial charge in [0.2, 0.25) is 0 Å². The van der Waals surface area contributed by atoms with E-state index < -0.39 is 11.3 Å². The van der Waals surface area contributed by atoms with Gasteiger partial charge in [0.15, 0.2) is 5.78 Å². The lowest BCUT2D eigenvalue weighted by molar-refractivity contribution is 0.104. The van der Waals surface area contributed by atoms with Crippen LogP contribution in [0.5, 0.6) is 0 Å². The summed E-state index contributed by atoms with van der Waals surface area (Å²) in [6.07, 6.45) is 3.24. The van der Waals surface area contributed by atoms with Crippen LogP contribution in [0.2, 0.25) is 0 Å². The maximum atomic E-state index is 12.5. The third-order valence-corrected chi connectivity index (χ3v) is 3.42. The Morgan fingerprint density at radius 3 is 2.95 bits per heavy atom. The largest absolute Gasteiger partial charge is 0.755 e. The number of anilines is 1. The van der Waals surface area contributed by atoms with Crippen molar-refractivity contribution in [3.8, 4) is 0 Å². The molecule has 0 amide bonds. The summed E-state index contributed by atoms with van der Waals surface area (Å²) in [4.78, 5) is 19.6. The highest BCUT2D eigenvalue weighted by Crippen LogP contribution is 2.21. The van der Waals surface area contributed by atoms with Crippen LogP contribution in [-0.4, -0.2) is 24.5 Å². The second-order valence-electron chi connectivity index (χ2n) is 4.35. The summed E-state index contributed by atoms with van der Waals surface area (Å²) in [5.41, 5.74) is 1.87. The van der Waals surface area contributed by atoms with Crippen molar-refractivity contribution in [2.24, 2.45) is 0 Å². The topological polar surface area (TPSA) is 97.9 Å². The van der Waals surface area contributed by atoms with Crippen LogP contribution in [0.4, 0.5) is 5.69 Å². The number of aromatic nitrogens is 2. The number of ketones is 1. The van der Waals surface area contributed by atoms with Crippen LogP contribution in [0, 0.1) is 0 Å². The molecule has 0 saturated carbocycles. The summed E-state index contributed by atoms with van der Waals surface area (Å²) >= 11 is -2.42. The standard InChI is InChI=1S/C14H11N3O3S/c18-13(9-3-1-4-10(7-9)17-21(19)20)12-8-16-14-11(12)5-2-6-15-14/h1-8,17H,(H,15,16)(H,19,20)/p-1. The zero-order chi connectivity index (χ0) is 14.8. The molecule has 0 saturated heterocycles. The zero-order valence-electron chi connectivity index (χ0n) is 10.7. The van der Waals surface area contributed by atoms with Crippen molar-refractivity contribution in [1.29, 1.82) is 0 Å². The molecule has 106 valence electrons. The summed E-state index contributed by atoms with van der Waals surface area (Å²) in [6.45, 7) is 0. The first-order valence-electron chi connectivity index (χ1n) is 6.08. The molecule has 0 bridgehead atoms. The molecule has 0 spiro atoms. The van der Waals surface area contributed by atoms with Gasteiger partial charge in [-0.25, -0.2) is 4.98 Å². The van der Waals surface area contributed by atoms with Crippen LogP contribution >= 0.6 is 0 Å². The molecule has 1 unspecified atom stereocenters. The molecular weight excluding hydrogens is 290 g/mol. The maximum Gasteiger partial charge on any atom is 0.195 e. The first kappa shape index (κ1) is 13.5. The van der Waals surface area contributed by atoms with Crippen LogP contribution in [0.15, 0.2) is 48.8 Å². The number of nitrogens with zero attached hydrogens (tertiary/aromatic N) is 1. The molecular formula is C14H10N3O3S-. The van der Waals surface area contributed by atoms with Crippen molar-refractivity contribution in [3.05, 3.63) is 59.9 Å². The van der Waals surface area contributed by atoms with Crippen molar-refractivity contribution in [2.75, 3.05) is 4.72 Å². The van der Waals surface area contributed by atoms with Gasteiger partial charge in [0.05, 0.1) is 0 Å². The molecule has 0 aliphatic carbocycles. The summed E-state index contributed by atoms with van der Waals surface area (Å²) in [6, 6.07) is 9.88. The molecule has 1 aromatic carbocycles. The van der Waals surface area contributed by atoms with Gasteiger partial charge in [-0.15, -0.1) is 0 Å². The van der Waals surface area contributed by atoms with Crippen LogP contribution in [0.25, 0.3) is 11.0 Å². The van der Waals surface area contributed by atoms with Crippen molar-refractivity contribution in [2.45, 2.75) is 0 Å². The van der Waals surface area contributed by atoms with Gasteiger partial charge in [0.1, 0.15) is 5.65 Å². The van der Waals surface area contributed by atoms with E-state index in [2.05, 4.69) is 14.7 Å². The van der Waals surface area contributed by atoms with E-state index in [4.69, 9.17) is 0 Å². The van der Waals surface area contributed by atoms with Crippen molar-refractivity contribution in [1.82, 2.24) is 9.97 Å². The molecule has 2 N–H and O–H groups in total. The lowest BCUT2D eigenvalue weighted by Gasteiger charge is -2.09. The Balaban J connectivity index is 2.00. The average molecular weight is 300 g/mol. The number of fused-ring (bicyclic) bond motifs is 1. The predicted octanol–water partition coefficient (Wildman–Crippen LogP) is 2.00. The number of aromatic amines is 1. The van der Waals surface area contributed by atoms with Crippen molar-refractivity contribution in [3.63, 3.8) is 0 Å². The van der Waals surface area contributed by atoms with Crippen LogP contribution in [0.3, 0.4) is 0 Å². The van der Waals surface area contributed by atoms with E-state index in [1.165, 1.54) is 6.07 Å². The fourth-order valence-corrected chi connectivity index (χ4v) is 2.44. The van der Waals surface area contributed by atoms with Gasteiger partial charge in [0, 0.05) is 45.9 Å². The molecule has 7 heteroatoms. The van der Waals surface area contributed by atoms with Gasteiger partial charge in [0.25, 0.3) is 0 Å². The number of rotatable bonds is 4. The lowest BCUT2D eigenvalue weighted by atomic mass is 10.0. The molecule has 21 heavy (non-hydrogen) atoms. The van der Waals surface area contributed by atoms with E-state index in [0.29, 0.717) is 22.5 Å². The van der Waals surface area contributed by atoms with Crippen molar-refractivity contribution >= 4 is 33.8 Å². The quantitative estimate of drug-likeness (QED) is 0.568. The molecule has 0 fully saturated rings. The van der Waals surface area contributed by atoms with Crippen molar-refractivity contribution < 1.29 is 13.6 Å². The smallest absolute Gasteiger partial charge is 0.195 e. The Bertz CT molecular complexity index is 844. The third kappa shape index (κ3) is 2.69. The van der Waals surface area contributed by atoms with E-state index in [-0.39, 0.29) is 5.78 Å². The SMILES string of the molecule is O=C(c1cccc(NS(=O)[O-])c1)c1c[nH]c2ncccc12. The molecule has 6 nitrogen and oxygen atoms in total. The Morgan fingerprint density at radius 2 is 2.14 bits per heavy atom. The molecule has 2 aromatic heterocycles. The monoisotopic (exact) mass is 300 g/mol. The average Bonchev–Trinajstić information content (AvgIpc) is 2.90. The summed E-state index contributed by atoms with van der Waals surface area (Å²) in [7, 11) is 0. The summed E-state index contributed by atoms with van der Waals surface area (Å²) in [5, 5.41) is 0.730. The maximum absolute atomic E-state index is 12.5. The fourth-order valence-electron chi connectivity index (χ4n) is 2.12. The number of benzene rings is 1. The number of hydrogen-bond acceptors (Lipinski definition) is 4. The fraction of sp³-hybridized carbons (Fsp3) is 0. The van der Waals surface area contributed by atoms with E-state index in [0.717, 1.165) is 5.39 Å². The van der Waals surface area contributed by atoms with E-state index in [1.807, 2.05) is 0 Å². The van der Waals surface area contributed by atoms with E-state index in [1.54, 1.807) is 42.7 Å². The molecule has 3 aromatic rings. The number of hydrogen-bond donors (Lipinski definition) is 2. The van der Waals surface area contributed by atoms with Crippen LogP contribution in [0.1, 0.15) is 15.9 Å². The van der Waals surface area contributed by atoms with Gasteiger partial charge in [-0.05, 0) is 24.3 Å². The van der Waals surface area contributed by atoms with Gasteiger partial charge < -0.3 is 14.3 Å². The summed E-state index contributed by atoms with van der Waals surface area (Å²) < 4.78 is 23.5. The first-order chi connectivity index (χ1) is 10.1. The lowest BCUT2D eigenvalue weighted by Crippen LogP contribution is -2.05. The molecule has 0 aliphatic heterocycles. The van der Waals surface area contributed by atoms with Gasteiger partial charge >= 0.3 is 0 Å². The molecule has 0 radical (unpaired) electrons.